The second-order valence-corrected chi connectivity index (χ2v) is 4.45. The highest BCUT2D eigenvalue weighted by Gasteiger charge is 2.30. The molecule has 0 saturated heterocycles. The first-order valence-corrected chi connectivity index (χ1v) is 7.11. The zero-order chi connectivity index (χ0) is 17.3. The average molecular weight is 350 g/mol. The second kappa shape index (κ2) is 9.19. The minimum absolute atomic E-state index is 0.150. The van der Waals surface area contributed by atoms with Crippen molar-refractivity contribution in [2.24, 2.45) is 0 Å². The molecule has 2 rings (SSSR count). The molecule has 1 aromatic heterocycles. The van der Waals surface area contributed by atoms with Crippen molar-refractivity contribution >= 4 is 17.3 Å². The van der Waals surface area contributed by atoms with E-state index in [9.17, 15) is 13.2 Å². The van der Waals surface area contributed by atoms with Crippen molar-refractivity contribution in [3.63, 3.8) is 0 Å². The molecule has 0 spiro atoms. The average Bonchev–Trinajstić information content (AvgIpc) is 2.50. The van der Waals surface area contributed by atoms with Gasteiger partial charge in [-0.3, -0.25) is 4.79 Å². The maximum absolute atomic E-state index is 12.4. The highest BCUT2D eigenvalue weighted by atomic mass is 35.5. The van der Waals surface area contributed by atoms with Gasteiger partial charge in [0.1, 0.15) is 5.76 Å². The molecule has 0 aliphatic heterocycles. The Morgan fingerprint density at radius 3 is 2.30 bits per heavy atom. The molecule has 23 heavy (non-hydrogen) atoms. The normalized spacial score (nSPS) is 14.0. The van der Waals surface area contributed by atoms with Gasteiger partial charge in [-0.15, -0.1) is 0 Å². The molecule has 0 N–H and O–H groups in total. The predicted octanol–water partition coefficient (Wildman–Crippen LogP) is 4.49. The van der Waals surface area contributed by atoms with Crippen molar-refractivity contribution in [3.8, 4) is 5.88 Å². The second-order valence-electron chi connectivity index (χ2n) is 4.27. The van der Waals surface area contributed by atoms with Gasteiger partial charge in [-0.05, 0) is 36.7 Å². The lowest BCUT2D eigenvalue weighted by atomic mass is 10.1. The van der Waals surface area contributed by atoms with Gasteiger partial charge in [0.05, 0.1) is 17.9 Å². The minimum Gasteiger partial charge on any atom is -0.498 e. The number of nitrogens with zero attached hydrogens (tertiary/aromatic N) is 1. The van der Waals surface area contributed by atoms with E-state index in [1.54, 1.807) is 12.2 Å². The van der Waals surface area contributed by atoms with Crippen molar-refractivity contribution in [2.45, 2.75) is 25.9 Å². The third-order valence-electron chi connectivity index (χ3n) is 2.70. The van der Waals surface area contributed by atoms with Gasteiger partial charge in [-0.25, -0.2) is 4.98 Å². The van der Waals surface area contributed by atoms with Crippen molar-refractivity contribution in [3.05, 3.63) is 47.6 Å². The first kappa shape index (κ1) is 19.0. The molecule has 8 heteroatoms. The summed E-state index contributed by atoms with van der Waals surface area (Å²) in [5, 5.41) is 0. The summed E-state index contributed by atoms with van der Waals surface area (Å²) in [6, 6.07) is 2.17. The van der Waals surface area contributed by atoms with Gasteiger partial charge in [0.15, 0.2) is 0 Å². The fourth-order valence-corrected chi connectivity index (χ4v) is 1.73. The molecule has 1 aromatic rings. The standard InChI is InChI=1S/C14H14F3NO2.CHClO/c1-2-19-11-4-6-12(7-5-11)20-13-8-3-10(9-18-13)14(15,16)17;2-1-3/h3-4,6,8-9H,2,5,7H2,1H3;1H. The zero-order valence-electron chi connectivity index (χ0n) is 12.3. The van der Waals surface area contributed by atoms with E-state index >= 15 is 0 Å². The molecular weight excluding hydrogens is 335 g/mol. The van der Waals surface area contributed by atoms with Crippen LogP contribution in [0, 0.1) is 0 Å². The first-order chi connectivity index (χ1) is 10.9. The fraction of sp³-hybridized carbons (Fsp3) is 0.333. The Kier molecular flexibility index (Phi) is 7.61. The lowest BCUT2D eigenvalue weighted by molar-refractivity contribution is -0.137. The van der Waals surface area contributed by atoms with Gasteiger partial charge < -0.3 is 9.47 Å². The van der Waals surface area contributed by atoms with E-state index < -0.39 is 11.7 Å². The van der Waals surface area contributed by atoms with E-state index in [2.05, 4.69) is 16.6 Å². The number of hydrogen-bond acceptors (Lipinski definition) is 4. The van der Waals surface area contributed by atoms with Crippen LogP contribution in [0.3, 0.4) is 0 Å². The van der Waals surface area contributed by atoms with Crippen molar-refractivity contribution in [2.75, 3.05) is 6.61 Å². The van der Waals surface area contributed by atoms with E-state index in [-0.39, 0.29) is 11.6 Å². The molecule has 0 fully saturated rings. The van der Waals surface area contributed by atoms with Gasteiger partial charge in [-0.1, -0.05) is 0 Å². The van der Waals surface area contributed by atoms with Gasteiger partial charge >= 0.3 is 6.18 Å². The van der Waals surface area contributed by atoms with E-state index in [0.717, 1.165) is 18.0 Å². The molecule has 1 heterocycles. The van der Waals surface area contributed by atoms with E-state index in [4.69, 9.17) is 14.3 Å². The lowest BCUT2D eigenvalue weighted by Gasteiger charge is -2.15. The van der Waals surface area contributed by atoms with Gasteiger partial charge in [0.2, 0.25) is 11.6 Å². The largest absolute Gasteiger partial charge is 0.498 e. The number of allylic oxidation sites excluding steroid dienone is 4. The summed E-state index contributed by atoms with van der Waals surface area (Å²) in [6.07, 6.45) is 1.26. The zero-order valence-corrected chi connectivity index (χ0v) is 13.0. The molecular formula is C15H15ClF3NO3. The van der Waals surface area contributed by atoms with Gasteiger partial charge in [0, 0.05) is 25.1 Å². The molecule has 1 aliphatic carbocycles. The van der Waals surface area contributed by atoms with Crippen LogP contribution in [-0.2, 0) is 15.7 Å². The van der Waals surface area contributed by atoms with Crippen LogP contribution in [0.15, 0.2) is 42.0 Å². The molecule has 0 atom stereocenters. The number of aromatic nitrogens is 1. The Labute approximate surface area is 136 Å². The molecule has 0 amide bonds. The molecule has 126 valence electrons. The van der Waals surface area contributed by atoms with Crippen molar-refractivity contribution < 1.29 is 27.4 Å². The van der Waals surface area contributed by atoms with Crippen molar-refractivity contribution in [1.82, 2.24) is 4.98 Å². The summed E-state index contributed by atoms with van der Waals surface area (Å²) in [6.45, 7) is 2.51. The monoisotopic (exact) mass is 349 g/mol. The summed E-state index contributed by atoms with van der Waals surface area (Å²) in [7, 11) is 0. The Morgan fingerprint density at radius 1 is 1.26 bits per heavy atom. The molecule has 1 aliphatic rings. The van der Waals surface area contributed by atoms with Crippen LogP contribution < -0.4 is 4.74 Å². The van der Waals surface area contributed by atoms with Crippen LogP contribution in [0.25, 0.3) is 0 Å². The Balaban J connectivity index is 0.000000816. The maximum Gasteiger partial charge on any atom is 0.417 e. The van der Waals surface area contributed by atoms with Crippen LogP contribution in [0.4, 0.5) is 13.2 Å². The summed E-state index contributed by atoms with van der Waals surface area (Å²) in [5.41, 5.74) is -0.791. The van der Waals surface area contributed by atoms with E-state index in [0.29, 0.717) is 25.2 Å². The number of halogens is 4. The third-order valence-corrected chi connectivity index (χ3v) is 2.70. The number of alkyl halides is 3. The number of carbonyl (C=O) groups is 1. The van der Waals surface area contributed by atoms with Crippen LogP contribution in [0.1, 0.15) is 25.3 Å². The topological polar surface area (TPSA) is 48.4 Å². The van der Waals surface area contributed by atoms with Crippen LogP contribution in [0.2, 0.25) is 0 Å². The third kappa shape index (κ3) is 6.73. The van der Waals surface area contributed by atoms with Crippen LogP contribution in [-0.4, -0.2) is 17.3 Å². The minimum atomic E-state index is -4.38. The first-order valence-electron chi connectivity index (χ1n) is 6.68. The van der Waals surface area contributed by atoms with Gasteiger partial charge in [-0.2, -0.15) is 13.2 Å². The Bertz CT molecular complexity index is 568. The summed E-state index contributed by atoms with van der Waals surface area (Å²) >= 11 is 4.32. The van der Waals surface area contributed by atoms with Crippen LogP contribution in [0.5, 0.6) is 5.88 Å². The molecule has 0 radical (unpaired) electrons. The number of hydrogen-bond donors (Lipinski definition) is 0. The fourth-order valence-electron chi connectivity index (χ4n) is 1.73. The summed E-state index contributed by atoms with van der Waals surface area (Å²) in [4.78, 5) is 12.2. The summed E-state index contributed by atoms with van der Waals surface area (Å²) < 4.78 is 47.9. The SMILES string of the molecule is CCOC1=CC=C(Oc2ccc(C(F)(F)F)cn2)CC1.O=CCl. The molecule has 0 bridgehead atoms. The number of carbonyl (C=O) groups excluding carboxylic acids is 1. The molecule has 0 unspecified atom stereocenters. The maximum atomic E-state index is 12.4. The molecule has 0 aromatic carbocycles. The van der Waals surface area contributed by atoms with Gasteiger partial charge in [0.25, 0.3) is 0 Å². The van der Waals surface area contributed by atoms with Crippen molar-refractivity contribution in [1.29, 1.82) is 0 Å². The predicted molar refractivity (Wildman–Crippen MR) is 79.5 cm³/mol. The lowest BCUT2D eigenvalue weighted by Crippen LogP contribution is -2.07. The Morgan fingerprint density at radius 2 is 1.87 bits per heavy atom. The summed E-state index contributed by atoms with van der Waals surface area (Å²) in [5.74, 6) is 1.90. The highest BCUT2D eigenvalue weighted by molar-refractivity contribution is 6.54. The number of pyridine rings is 1. The highest BCUT2D eigenvalue weighted by Crippen LogP contribution is 2.29. The molecule has 0 saturated carbocycles. The smallest absolute Gasteiger partial charge is 0.417 e. The number of ether oxygens (including phenoxy) is 2. The van der Waals surface area contributed by atoms with E-state index in [1.165, 1.54) is 6.07 Å². The molecule has 4 nitrogen and oxygen atoms in total. The van der Waals surface area contributed by atoms with Crippen LogP contribution >= 0.6 is 11.6 Å². The quantitative estimate of drug-likeness (QED) is 0.593. The Hall–Kier alpha value is -2.02. The number of rotatable bonds is 4. The van der Waals surface area contributed by atoms with E-state index in [1.807, 2.05) is 6.92 Å².